The number of carbonyl (C=O) groups excluding carboxylic acids is 1. The summed E-state index contributed by atoms with van der Waals surface area (Å²) >= 11 is 3.11. The third-order valence-corrected chi connectivity index (χ3v) is 6.36. The first-order valence-electron chi connectivity index (χ1n) is 8.27. The van der Waals surface area contributed by atoms with Crippen LogP contribution >= 0.6 is 23.1 Å². The molecule has 0 fully saturated rings. The summed E-state index contributed by atoms with van der Waals surface area (Å²) in [6, 6.07) is 7.58. The quantitative estimate of drug-likeness (QED) is 0.505. The first-order chi connectivity index (χ1) is 12.5. The van der Waals surface area contributed by atoms with Crippen LogP contribution in [0.1, 0.15) is 29.0 Å². The van der Waals surface area contributed by atoms with Gasteiger partial charge in [-0.1, -0.05) is 30.0 Å². The van der Waals surface area contributed by atoms with Crippen molar-refractivity contribution in [2.45, 2.75) is 31.8 Å². The van der Waals surface area contributed by atoms with Crippen LogP contribution in [0.5, 0.6) is 5.75 Å². The van der Waals surface area contributed by atoms with Gasteiger partial charge < -0.3 is 10.1 Å². The van der Waals surface area contributed by atoms with Crippen molar-refractivity contribution in [3.8, 4) is 5.75 Å². The van der Waals surface area contributed by atoms with E-state index in [1.807, 2.05) is 31.2 Å². The van der Waals surface area contributed by atoms with Crippen LogP contribution in [-0.4, -0.2) is 28.7 Å². The fraction of sp³-hybridized carbons (Fsp3) is 0.316. The molecule has 0 saturated carbocycles. The van der Waals surface area contributed by atoms with Crippen LogP contribution in [-0.2, 0) is 4.79 Å². The summed E-state index contributed by atoms with van der Waals surface area (Å²) in [7, 11) is 1.63. The van der Waals surface area contributed by atoms with E-state index in [2.05, 4.69) is 29.1 Å². The van der Waals surface area contributed by atoms with Crippen molar-refractivity contribution in [2.24, 2.45) is 0 Å². The van der Waals surface area contributed by atoms with Gasteiger partial charge in [0.25, 0.3) is 0 Å². The molecule has 0 aliphatic rings. The maximum atomic E-state index is 12.4. The van der Waals surface area contributed by atoms with Gasteiger partial charge in [-0.05, 0) is 32.4 Å². The molecule has 1 atom stereocenters. The predicted octanol–water partition coefficient (Wildman–Crippen LogP) is 4.29. The Morgan fingerprint density at radius 3 is 2.85 bits per heavy atom. The molecule has 0 aliphatic carbocycles. The molecule has 0 saturated heterocycles. The zero-order valence-corrected chi connectivity index (χ0v) is 16.8. The zero-order chi connectivity index (χ0) is 18.7. The number of amides is 1. The normalized spacial score (nSPS) is 12.2. The number of nitrogens with zero attached hydrogens (tertiary/aromatic N) is 2. The summed E-state index contributed by atoms with van der Waals surface area (Å²) in [6.07, 6.45) is 1.56. The molecule has 26 heavy (non-hydrogen) atoms. The van der Waals surface area contributed by atoms with Gasteiger partial charge in [-0.25, -0.2) is 9.97 Å². The van der Waals surface area contributed by atoms with Gasteiger partial charge in [0.1, 0.15) is 21.9 Å². The van der Waals surface area contributed by atoms with Gasteiger partial charge in [0.2, 0.25) is 5.91 Å². The molecule has 0 bridgehead atoms. The third-order valence-electron chi connectivity index (χ3n) is 4.25. The molecule has 2 heterocycles. The molecule has 0 aliphatic heterocycles. The van der Waals surface area contributed by atoms with Crippen LogP contribution in [0.25, 0.3) is 10.2 Å². The van der Waals surface area contributed by atoms with E-state index in [1.165, 1.54) is 22.2 Å². The number of hydrogen-bond acceptors (Lipinski definition) is 6. The molecular formula is C19H21N3O2S2. The van der Waals surface area contributed by atoms with Gasteiger partial charge in [0.05, 0.1) is 18.9 Å². The smallest absolute Gasteiger partial charge is 0.230 e. The fourth-order valence-corrected chi connectivity index (χ4v) is 4.71. The number of thiophene rings is 1. The number of fused-ring (bicyclic) bond motifs is 1. The summed E-state index contributed by atoms with van der Waals surface area (Å²) in [6.45, 7) is 6.11. The standard InChI is InChI=1S/C19H21N3O2S2/c1-11-13(3)26-19-17(11)18(20-10-21-19)25-9-16(23)22-12(2)14-7-5-6-8-15(14)24-4/h5-8,10,12H,9H2,1-4H3,(H,22,23). The zero-order valence-electron chi connectivity index (χ0n) is 15.2. The van der Waals surface area contributed by atoms with Crippen molar-refractivity contribution < 1.29 is 9.53 Å². The first kappa shape index (κ1) is 18.7. The van der Waals surface area contributed by atoms with E-state index in [4.69, 9.17) is 4.74 Å². The minimum Gasteiger partial charge on any atom is -0.496 e. The van der Waals surface area contributed by atoms with E-state index in [0.29, 0.717) is 5.75 Å². The maximum absolute atomic E-state index is 12.4. The van der Waals surface area contributed by atoms with Crippen LogP contribution < -0.4 is 10.1 Å². The second kappa shape index (κ2) is 8.05. The van der Waals surface area contributed by atoms with Crippen molar-refractivity contribution in [3.63, 3.8) is 0 Å². The first-order valence-corrected chi connectivity index (χ1v) is 10.1. The van der Waals surface area contributed by atoms with E-state index in [0.717, 1.165) is 26.6 Å². The lowest BCUT2D eigenvalue weighted by molar-refractivity contribution is -0.119. The number of nitrogens with one attached hydrogen (secondary N) is 1. The lowest BCUT2D eigenvalue weighted by Crippen LogP contribution is -2.28. The summed E-state index contributed by atoms with van der Waals surface area (Å²) in [5.74, 6) is 1.04. The number of carbonyl (C=O) groups is 1. The van der Waals surface area contributed by atoms with Crippen molar-refractivity contribution in [1.82, 2.24) is 15.3 Å². The number of aryl methyl sites for hydroxylation is 2. The van der Waals surface area contributed by atoms with Gasteiger partial charge >= 0.3 is 0 Å². The van der Waals surface area contributed by atoms with Gasteiger partial charge in [-0.2, -0.15) is 0 Å². The highest BCUT2D eigenvalue weighted by molar-refractivity contribution is 8.00. The molecule has 0 radical (unpaired) electrons. The Labute approximate surface area is 161 Å². The van der Waals surface area contributed by atoms with Crippen LogP contribution in [0.4, 0.5) is 0 Å². The monoisotopic (exact) mass is 387 g/mol. The Morgan fingerprint density at radius 1 is 1.31 bits per heavy atom. The Hall–Kier alpha value is -2.12. The van der Waals surface area contributed by atoms with Gasteiger partial charge in [0, 0.05) is 15.8 Å². The molecule has 7 heteroatoms. The summed E-state index contributed by atoms with van der Waals surface area (Å²) in [5.41, 5.74) is 2.15. The number of methoxy groups -OCH3 is 1. The van der Waals surface area contributed by atoms with Gasteiger partial charge in [-0.3, -0.25) is 4.79 Å². The Bertz CT molecular complexity index is 940. The minimum absolute atomic E-state index is 0.0372. The number of aromatic nitrogens is 2. The SMILES string of the molecule is COc1ccccc1C(C)NC(=O)CSc1ncnc2sc(C)c(C)c12. The van der Waals surface area contributed by atoms with E-state index >= 15 is 0 Å². The molecular weight excluding hydrogens is 366 g/mol. The molecule has 1 N–H and O–H groups in total. The van der Waals surface area contributed by atoms with Crippen LogP contribution in [0.15, 0.2) is 35.6 Å². The Morgan fingerprint density at radius 2 is 2.08 bits per heavy atom. The number of para-hydroxylation sites is 1. The average molecular weight is 388 g/mol. The number of thioether (sulfide) groups is 1. The van der Waals surface area contributed by atoms with Gasteiger partial charge in [-0.15, -0.1) is 11.3 Å². The average Bonchev–Trinajstić information content (AvgIpc) is 2.94. The minimum atomic E-state index is -0.130. The molecule has 5 nitrogen and oxygen atoms in total. The summed E-state index contributed by atoms with van der Waals surface area (Å²) in [4.78, 5) is 23.3. The molecule has 0 spiro atoms. The fourth-order valence-electron chi connectivity index (χ4n) is 2.78. The van der Waals surface area contributed by atoms with E-state index in [1.54, 1.807) is 24.8 Å². The maximum Gasteiger partial charge on any atom is 0.230 e. The lowest BCUT2D eigenvalue weighted by atomic mass is 10.1. The largest absolute Gasteiger partial charge is 0.496 e. The van der Waals surface area contributed by atoms with Crippen molar-refractivity contribution in [2.75, 3.05) is 12.9 Å². The van der Waals surface area contributed by atoms with Crippen LogP contribution in [0.2, 0.25) is 0 Å². The lowest BCUT2D eigenvalue weighted by Gasteiger charge is -2.17. The van der Waals surface area contributed by atoms with Crippen LogP contribution in [0.3, 0.4) is 0 Å². The van der Waals surface area contributed by atoms with Gasteiger partial charge in [0.15, 0.2) is 0 Å². The number of hydrogen-bond donors (Lipinski definition) is 1. The molecule has 3 aromatic rings. The predicted molar refractivity (Wildman–Crippen MR) is 107 cm³/mol. The molecule has 1 amide bonds. The Kier molecular flexibility index (Phi) is 5.78. The highest BCUT2D eigenvalue weighted by atomic mass is 32.2. The van der Waals surface area contributed by atoms with Crippen molar-refractivity contribution in [1.29, 1.82) is 0 Å². The number of rotatable bonds is 6. The van der Waals surface area contributed by atoms with E-state index < -0.39 is 0 Å². The number of benzene rings is 1. The topological polar surface area (TPSA) is 64.1 Å². The van der Waals surface area contributed by atoms with Crippen molar-refractivity contribution in [3.05, 3.63) is 46.6 Å². The third kappa shape index (κ3) is 3.83. The van der Waals surface area contributed by atoms with E-state index in [9.17, 15) is 4.79 Å². The molecule has 136 valence electrons. The van der Waals surface area contributed by atoms with Crippen LogP contribution in [0, 0.1) is 13.8 Å². The molecule has 3 rings (SSSR count). The van der Waals surface area contributed by atoms with Crippen molar-refractivity contribution >= 4 is 39.2 Å². The summed E-state index contributed by atoms with van der Waals surface area (Å²) in [5, 5.41) is 4.95. The number of ether oxygens (including phenoxy) is 1. The highest BCUT2D eigenvalue weighted by Crippen LogP contribution is 2.34. The second-order valence-corrected chi connectivity index (χ2v) is 8.13. The second-order valence-electron chi connectivity index (χ2n) is 5.96. The Balaban J connectivity index is 1.68. The molecule has 1 unspecified atom stereocenters. The van der Waals surface area contributed by atoms with E-state index in [-0.39, 0.29) is 11.9 Å². The molecule has 2 aromatic heterocycles. The summed E-state index contributed by atoms with van der Waals surface area (Å²) < 4.78 is 5.37. The molecule has 1 aromatic carbocycles. The highest BCUT2D eigenvalue weighted by Gasteiger charge is 2.16.